The van der Waals surface area contributed by atoms with E-state index in [2.05, 4.69) is 48.5 Å². The van der Waals surface area contributed by atoms with Crippen molar-refractivity contribution >= 4 is 0 Å². The summed E-state index contributed by atoms with van der Waals surface area (Å²) in [5.74, 6) is 2.72. The van der Waals surface area contributed by atoms with Crippen LogP contribution in [0.3, 0.4) is 0 Å². The van der Waals surface area contributed by atoms with Crippen molar-refractivity contribution in [2.75, 3.05) is 0 Å². The van der Waals surface area contributed by atoms with E-state index in [0.717, 1.165) is 17.8 Å². The maximum atomic E-state index is 2.47. The third-order valence-electron chi connectivity index (χ3n) is 5.28. The van der Waals surface area contributed by atoms with Crippen LogP contribution in [0.15, 0.2) is 0 Å². The zero-order valence-electron chi connectivity index (χ0n) is 13.5. The maximum absolute atomic E-state index is 2.47. The van der Waals surface area contributed by atoms with Crippen molar-refractivity contribution in [2.45, 2.75) is 87.0 Å². The number of hydrogen-bond donors (Lipinski definition) is 0. The van der Waals surface area contributed by atoms with E-state index in [4.69, 9.17) is 0 Å². The highest BCUT2D eigenvalue weighted by Crippen LogP contribution is 2.37. The lowest BCUT2D eigenvalue weighted by Crippen LogP contribution is -2.22. The van der Waals surface area contributed by atoms with Crippen molar-refractivity contribution in [1.82, 2.24) is 0 Å². The molecule has 0 N–H and O–H groups in total. The normalized spacial score (nSPS) is 16.2. The summed E-state index contributed by atoms with van der Waals surface area (Å²) >= 11 is 0. The van der Waals surface area contributed by atoms with Crippen molar-refractivity contribution in [3.8, 4) is 0 Å². The van der Waals surface area contributed by atoms with E-state index in [1.54, 1.807) is 0 Å². The zero-order chi connectivity index (χ0) is 13.5. The standard InChI is InChI=1S/C17H36/c1-8-15(16(9-2)14(5)6)12-13-17(7,10-3)11-4/h14-16H,8-13H2,1-7H3. The molecule has 104 valence electrons. The van der Waals surface area contributed by atoms with E-state index in [9.17, 15) is 0 Å². The molecule has 0 aliphatic heterocycles. The first kappa shape index (κ1) is 17.0. The summed E-state index contributed by atoms with van der Waals surface area (Å²) < 4.78 is 0. The zero-order valence-corrected chi connectivity index (χ0v) is 13.5. The van der Waals surface area contributed by atoms with Crippen molar-refractivity contribution in [2.24, 2.45) is 23.2 Å². The first-order valence-electron chi connectivity index (χ1n) is 7.94. The molecule has 0 saturated carbocycles. The van der Waals surface area contributed by atoms with Crippen LogP contribution in [0.25, 0.3) is 0 Å². The molecule has 0 spiro atoms. The summed E-state index contributed by atoms with van der Waals surface area (Å²) in [6, 6.07) is 0. The molecule has 0 rings (SSSR count). The summed E-state index contributed by atoms with van der Waals surface area (Å²) in [6.07, 6.45) is 8.23. The Morgan fingerprint density at radius 2 is 1.41 bits per heavy atom. The summed E-state index contributed by atoms with van der Waals surface area (Å²) in [6.45, 7) is 16.7. The topological polar surface area (TPSA) is 0 Å². The van der Waals surface area contributed by atoms with Gasteiger partial charge >= 0.3 is 0 Å². The quantitative estimate of drug-likeness (QED) is 0.443. The molecule has 0 saturated heterocycles. The molecule has 0 aliphatic rings. The summed E-state index contributed by atoms with van der Waals surface area (Å²) in [5, 5.41) is 0. The third-order valence-corrected chi connectivity index (χ3v) is 5.28. The minimum atomic E-state index is 0.586. The highest BCUT2D eigenvalue weighted by molar-refractivity contribution is 4.76. The minimum Gasteiger partial charge on any atom is -0.0651 e. The van der Waals surface area contributed by atoms with Gasteiger partial charge in [-0.25, -0.2) is 0 Å². The number of rotatable bonds is 9. The lowest BCUT2D eigenvalue weighted by molar-refractivity contribution is 0.179. The van der Waals surface area contributed by atoms with Crippen LogP contribution in [0.2, 0.25) is 0 Å². The van der Waals surface area contributed by atoms with Gasteiger partial charge in [-0.05, 0) is 36.0 Å². The first-order chi connectivity index (χ1) is 7.94. The molecule has 0 bridgehead atoms. The molecule has 0 aliphatic carbocycles. The van der Waals surface area contributed by atoms with Crippen LogP contribution in [-0.2, 0) is 0 Å². The molecule has 0 radical (unpaired) electrons. The highest BCUT2D eigenvalue weighted by atomic mass is 14.3. The average Bonchev–Trinajstić information content (AvgIpc) is 2.33. The lowest BCUT2D eigenvalue weighted by Gasteiger charge is -2.33. The Labute approximate surface area is 111 Å². The highest BCUT2D eigenvalue weighted by Gasteiger charge is 2.25. The van der Waals surface area contributed by atoms with Crippen LogP contribution < -0.4 is 0 Å². The van der Waals surface area contributed by atoms with Crippen molar-refractivity contribution in [1.29, 1.82) is 0 Å². The van der Waals surface area contributed by atoms with Crippen molar-refractivity contribution in [3.05, 3.63) is 0 Å². The van der Waals surface area contributed by atoms with Gasteiger partial charge < -0.3 is 0 Å². The Morgan fingerprint density at radius 1 is 0.882 bits per heavy atom. The van der Waals surface area contributed by atoms with E-state index in [1.807, 2.05) is 0 Å². The van der Waals surface area contributed by atoms with Crippen LogP contribution in [0.5, 0.6) is 0 Å². The van der Waals surface area contributed by atoms with Gasteiger partial charge in [0.05, 0.1) is 0 Å². The molecule has 0 aromatic heterocycles. The molecule has 0 heteroatoms. The van der Waals surface area contributed by atoms with Crippen LogP contribution >= 0.6 is 0 Å². The van der Waals surface area contributed by atoms with Gasteiger partial charge in [0.25, 0.3) is 0 Å². The van der Waals surface area contributed by atoms with Crippen molar-refractivity contribution in [3.63, 3.8) is 0 Å². The fourth-order valence-corrected chi connectivity index (χ4v) is 3.21. The van der Waals surface area contributed by atoms with E-state index in [1.165, 1.54) is 38.5 Å². The summed E-state index contributed by atoms with van der Waals surface area (Å²) in [7, 11) is 0. The molecule has 2 atom stereocenters. The van der Waals surface area contributed by atoms with Crippen LogP contribution in [0, 0.1) is 23.2 Å². The molecule has 0 heterocycles. The fraction of sp³-hybridized carbons (Fsp3) is 1.00. The first-order valence-corrected chi connectivity index (χ1v) is 7.94. The van der Waals surface area contributed by atoms with Gasteiger partial charge in [0.1, 0.15) is 0 Å². The SMILES string of the molecule is CCC(CCC(C)(CC)CC)C(CC)C(C)C. The third kappa shape index (κ3) is 5.44. The second-order valence-corrected chi connectivity index (χ2v) is 6.54. The molecule has 0 aromatic rings. The van der Waals surface area contributed by atoms with E-state index in [-0.39, 0.29) is 0 Å². The molecule has 2 unspecified atom stereocenters. The minimum absolute atomic E-state index is 0.586. The van der Waals surface area contributed by atoms with Gasteiger partial charge in [-0.15, -0.1) is 0 Å². The monoisotopic (exact) mass is 240 g/mol. The molecular weight excluding hydrogens is 204 g/mol. The Bertz CT molecular complexity index is 176. The van der Waals surface area contributed by atoms with E-state index < -0.39 is 0 Å². The molecule has 0 nitrogen and oxygen atoms in total. The smallest absolute Gasteiger partial charge is 0.0331 e. The average molecular weight is 240 g/mol. The predicted molar refractivity (Wildman–Crippen MR) is 80.3 cm³/mol. The maximum Gasteiger partial charge on any atom is -0.0331 e. The van der Waals surface area contributed by atoms with Gasteiger partial charge in [-0.1, -0.05) is 74.1 Å². The van der Waals surface area contributed by atoms with Crippen LogP contribution in [0.1, 0.15) is 87.0 Å². The second kappa shape index (κ2) is 8.16. The Morgan fingerprint density at radius 3 is 1.71 bits per heavy atom. The largest absolute Gasteiger partial charge is 0.0651 e. The fourth-order valence-electron chi connectivity index (χ4n) is 3.21. The lowest BCUT2D eigenvalue weighted by atomic mass is 9.72. The van der Waals surface area contributed by atoms with E-state index in [0.29, 0.717) is 5.41 Å². The Kier molecular flexibility index (Phi) is 8.16. The molecular formula is C17H36. The summed E-state index contributed by atoms with van der Waals surface area (Å²) in [4.78, 5) is 0. The molecule has 0 aromatic carbocycles. The van der Waals surface area contributed by atoms with Gasteiger partial charge in [0.15, 0.2) is 0 Å². The van der Waals surface area contributed by atoms with Gasteiger partial charge in [0.2, 0.25) is 0 Å². The van der Waals surface area contributed by atoms with Gasteiger partial charge in [-0.3, -0.25) is 0 Å². The predicted octanol–water partition coefficient (Wildman–Crippen LogP) is 6.30. The molecule has 17 heavy (non-hydrogen) atoms. The molecule has 0 amide bonds. The molecule has 0 fully saturated rings. The van der Waals surface area contributed by atoms with Crippen LogP contribution in [0.4, 0.5) is 0 Å². The second-order valence-electron chi connectivity index (χ2n) is 6.54. The van der Waals surface area contributed by atoms with Gasteiger partial charge in [-0.2, -0.15) is 0 Å². The Hall–Kier alpha value is 0. The number of hydrogen-bond acceptors (Lipinski definition) is 0. The van der Waals surface area contributed by atoms with Crippen molar-refractivity contribution < 1.29 is 0 Å². The van der Waals surface area contributed by atoms with E-state index >= 15 is 0 Å². The van der Waals surface area contributed by atoms with Crippen LogP contribution in [-0.4, -0.2) is 0 Å². The Balaban J connectivity index is 4.39. The van der Waals surface area contributed by atoms with Gasteiger partial charge in [0, 0.05) is 0 Å². The summed E-state index contributed by atoms with van der Waals surface area (Å²) in [5.41, 5.74) is 0.586.